The van der Waals surface area contributed by atoms with Crippen molar-refractivity contribution < 1.29 is 9.47 Å². The Labute approximate surface area is 196 Å². The van der Waals surface area contributed by atoms with E-state index in [0.717, 1.165) is 67.9 Å². The van der Waals surface area contributed by atoms with Crippen molar-refractivity contribution in [2.45, 2.75) is 25.3 Å². The fraction of sp³-hybridized carbons (Fsp3) is 0.417. The molecule has 2 saturated heterocycles. The number of hydrogen-bond acceptors (Lipinski definition) is 8. The van der Waals surface area contributed by atoms with Gasteiger partial charge in [0.2, 0.25) is 0 Å². The van der Waals surface area contributed by atoms with E-state index in [2.05, 4.69) is 20.4 Å². The molecule has 2 aliphatic rings. The van der Waals surface area contributed by atoms with E-state index in [1.54, 1.807) is 6.20 Å². The summed E-state index contributed by atoms with van der Waals surface area (Å²) in [6.45, 7) is 4.19. The number of nitrogen functional groups attached to an aromatic ring is 1. The largest absolute Gasteiger partial charge is 0.491 e. The summed E-state index contributed by atoms with van der Waals surface area (Å²) in [6.07, 6.45) is 8.72. The highest BCUT2D eigenvalue weighted by Crippen LogP contribution is 2.30. The van der Waals surface area contributed by atoms with Crippen LogP contribution in [0.15, 0.2) is 36.8 Å². The molecule has 0 bridgehead atoms. The van der Waals surface area contributed by atoms with E-state index in [9.17, 15) is 0 Å². The second-order valence-corrected chi connectivity index (χ2v) is 8.96. The van der Waals surface area contributed by atoms with E-state index in [-0.39, 0.29) is 0 Å². The second-order valence-electron chi connectivity index (χ2n) is 8.96. The molecular weight excluding hydrogens is 432 g/mol. The van der Waals surface area contributed by atoms with Gasteiger partial charge in [0.25, 0.3) is 0 Å². The third kappa shape index (κ3) is 4.10. The highest BCUT2D eigenvalue weighted by atomic mass is 16.5. The molecule has 10 nitrogen and oxygen atoms in total. The second kappa shape index (κ2) is 9.03. The number of nitrogens with two attached hydrogens (primary N) is 1. The van der Waals surface area contributed by atoms with E-state index in [4.69, 9.17) is 25.2 Å². The molecule has 6 rings (SSSR count). The van der Waals surface area contributed by atoms with Crippen molar-refractivity contribution >= 4 is 16.9 Å². The third-order valence-corrected chi connectivity index (χ3v) is 6.58. The van der Waals surface area contributed by atoms with Crippen molar-refractivity contribution in [2.75, 3.05) is 38.6 Å². The monoisotopic (exact) mass is 460 g/mol. The molecule has 1 atom stereocenters. The summed E-state index contributed by atoms with van der Waals surface area (Å²) in [5.74, 6) is 2.06. The SMILES string of the molecule is Nc1ncc(-c2cnn(C3CCNCC3)c2)nc1-c1nc2cccc(OCC3CCOC3)c2[nH]1. The average molecular weight is 461 g/mol. The van der Waals surface area contributed by atoms with E-state index >= 15 is 0 Å². The molecule has 0 radical (unpaired) electrons. The first-order valence-electron chi connectivity index (χ1n) is 11.8. The van der Waals surface area contributed by atoms with Gasteiger partial charge in [-0.05, 0) is 44.5 Å². The number of nitrogens with one attached hydrogen (secondary N) is 2. The van der Waals surface area contributed by atoms with Crippen LogP contribution in [-0.4, -0.2) is 62.6 Å². The number of nitrogens with zero attached hydrogens (tertiary/aromatic N) is 5. The van der Waals surface area contributed by atoms with Crippen LogP contribution in [0.3, 0.4) is 0 Å². The third-order valence-electron chi connectivity index (χ3n) is 6.58. The molecule has 10 heteroatoms. The zero-order valence-corrected chi connectivity index (χ0v) is 18.9. The molecule has 0 aliphatic carbocycles. The number of hydrogen-bond donors (Lipinski definition) is 3. The number of aromatic nitrogens is 6. The molecule has 0 spiro atoms. The van der Waals surface area contributed by atoms with Crippen LogP contribution >= 0.6 is 0 Å². The predicted octanol–water partition coefficient (Wildman–Crippen LogP) is 2.81. The number of benzene rings is 1. The summed E-state index contributed by atoms with van der Waals surface area (Å²) in [5, 5.41) is 7.97. The lowest BCUT2D eigenvalue weighted by Gasteiger charge is -2.22. The summed E-state index contributed by atoms with van der Waals surface area (Å²) in [4.78, 5) is 17.3. The van der Waals surface area contributed by atoms with Gasteiger partial charge < -0.3 is 25.5 Å². The topological polar surface area (TPSA) is 129 Å². The molecule has 1 aromatic carbocycles. The number of H-pyrrole nitrogens is 1. The minimum Gasteiger partial charge on any atom is -0.491 e. The molecule has 34 heavy (non-hydrogen) atoms. The highest BCUT2D eigenvalue weighted by molar-refractivity contribution is 5.85. The minimum absolute atomic E-state index is 0.319. The molecular formula is C24H28N8O2. The van der Waals surface area contributed by atoms with Crippen molar-refractivity contribution in [3.8, 4) is 28.5 Å². The standard InChI is InChI=1S/C24H28N8O2/c25-23-22(29-19(11-27-23)16-10-28-32(12-16)17-4-7-26-8-5-17)24-30-18-2-1-3-20(21(18)31-24)34-14-15-6-9-33-13-15/h1-3,10-12,15,17,26H,4-9,13-14H2,(H2,25,27)(H,30,31). The van der Waals surface area contributed by atoms with Crippen molar-refractivity contribution in [1.82, 2.24) is 35.0 Å². The van der Waals surface area contributed by atoms with Crippen molar-refractivity contribution in [1.29, 1.82) is 0 Å². The summed E-state index contributed by atoms with van der Waals surface area (Å²) in [5.41, 5.74) is 9.96. The van der Waals surface area contributed by atoms with Gasteiger partial charge in [0.1, 0.15) is 17.0 Å². The Bertz CT molecular complexity index is 1290. The van der Waals surface area contributed by atoms with Crippen LogP contribution in [0.2, 0.25) is 0 Å². The van der Waals surface area contributed by atoms with Crippen LogP contribution in [0, 0.1) is 5.92 Å². The Morgan fingerprint density at radius 1 is 1.15 bits per heavy atom. The van der Waals surface area contributed by atoms with Crippen LogP contribution in [0.25, 0.3) is 33.8 Å². The fourth-order valence-corrected chi connectivity index (χ4v) is 4.61. The molecule has 5 heterocycles. The van der Waals surface area contributed by atoms with Crippen LogP contribution in [-0.2, 0) is 4.74 Å². The van der Waals surface area contributed by atoms with Crippen LogP contribution in [0.4, 0.5) is 5.82 Å². The minimum atomic E-state index is 0.319. The van der Waals surface area contributed by atoms with Crippen molar-refractivity contribution in [3.05, 3.63) is 36.8 Å². The van der Waals surface area contributed by atoms with Gasteiger partial charge in [-0.1, -0.05) is 6.07 Å². The van der Waals surface area contributed by atoms with Gasteiger partial charge in [-0.15, -0.1) is 0 Å². The first-order chi connectivity index (χ1) is 16.7. The van der Waals surface area contributed by atoms with Crippen molar-refractivity contribution in [2.24, 2.45) is 5.92 Å². The first-order valence-corrected chi connectivity index (χ1v) is 11.8. The number of piperidine rings is 1. The molecule has 0 amide bonds. The number of imidazole rings is 1. The van der Waals surface area contributed by atoms with E-state index in [1.165, 1.54) is 0 Å². The Morgan fingerprint density at radius 2 is 2.06 bits per heavy atom. The lowest BCUT2D eigenvalue weighted by Crippen LogP contribution is -2.29. The molecule has 3 aromatic heterocycles. The lowest BCUT2D eigenvalue weighted by atomic mass is 10.1. The Kier molecular flexibility index (Phi) is 5.60. The van der Waals surface area contributed by atoms with Gasteiger partial charge in [-0.3, -0.25) is 4.68 Å². The molecule has 2 fully saturated rings. The Balaban J connectivity index is 1.29. The van der Waals surface area contributed by atoms with E-state index < -0.39 is 0 Å². The smallest absolute Gasteiger partial charge is 0.161 e. The maximum atomic E-state index is 6.22. The number of fused-ring (bicyclic) bond motifs is 1. The van der Waals surface area contributed by atoms with Crippen molar-refractivity contribution in [3.63, 3.8) is 0 Å². The molecule has 1 unspecified atom stereocenters. The molecule has 2 aliphatic heterocycles. The number of rotatable bonds is 6. The van der Waals surface area contributed by atoms with Gasteiger partial charge in [-0.25, -0.2) is 15.0 Å². The number of para-hydroxylation sites is 1. The normalized spacial score (nSPS) is 19.1. The molecule has 0 saturated carbocycles. The Morgan fingerprint density at radius 3 is 2.91 bits per heavy atom. The number of ether oxygens (including phenoxy) is 2. The predicted molar refractivity (Wildman–Crippen MR) is 128 cm³/mol. The average Bonchev–Trinajstić information content (AvgIpc) is 3.64. The summed E-state index contributed by atoms with van der Waals surface area (Å²) in [6, 6.07) is 6.23. The summed E-state index contributed by atoms with van der Waals surface area (Å²) >= 11 is 0. The molecule has 4 aromatic rings. The van der Waals surface area contributed by atoms with Gasteiger partial charge in [-0.2, -0.15) is 5.10 Å². The maximum Gasteiger partial charge on any atom is 0.161 e. The number of aromatic amines is 1. The number of anilines is 1. The van der Waals surface area contributed by atoms with Gasteiger partial charge >= 0.3 is 0 Å². The quantitative estimate of drug-likeness (QED) is 0.401. The summed E-state index contributed by atoms with van der Waals surface area (Å²) in [7, 11) is 0. The van der Waals surface area contributed by atoms with Gasteiger partial charge in [0.05, 0.1) is 42.9 Å². The lowest BCUT2D eigenvalue weighted by molar-refractivity contribution is 0.167. The maximum absolute atomic E-state index is 6.22. The summed E-state index contributed by atoms with van der Waals surface area (Å²) < 4.78 is 13.6. The zero-order valence-electron chi connectivity index (χ0n) is 18.9. The van der Waals surface area contributed by atoms with Crippen LogP contribution in [0.1, 0.15) is 25.3 Å². The molecule has 176 valence electrons. The zero-order chi connectivity index (χ0) is 22.9. The van der Waals surface area contributed by atoms with Crippen LogP contribution < -0.4 is 15.8 Å². The van der Waals surface area contributed by atoms with Crippen LogP contribution in [0.5, 0.6) is 5.75 Å². The van der Waals surface area contributed by atoms with Gasteiger partial charge in [0, 0.05) is 24.3 Å². The first kappa shape index (κ1) is 21.1. The fourth-order valence-electron chi connectivity index (χ4n) is 4.61. The van der Waals surface area contributed by atoms with Gasteiger partial charge in [0.15, 0.2) is 11.6 Å². The highest BCUT2D eigenvalue weighted by Gasteiger charge is 2.20. The Hall–Kier alpha value is -3.50. The van der Waals surface area contributed by atoms with E-state index in [0.29, 0.717) is 41.6 Å². The van der Waals surface area contributed by atoms with E-state index in [1.807, 2.05) is 35.3 Å². The molecule has 4 N–H and O–H groups in total.